The molecule has 0 spiro atoms. The Labute approximate surface area is 197 Å². The Bertz CT molecular complexity index is 1190. The number of H-pyrrole nitrogens is 1. The van der Waals surface area contributed by atoms with E-state index in [2.05, 4.69) is 22.6 Å². The number of piperidine rings is 1. The molecular formula is C24H28ClN5O3. The zero-order chi connectivity index (χ0) is 24.2. The molecule has 0 radical (unpaired) electrons. The van der Waals surface area contributed by atoms with Gasteiger partial charge in [-0.25, -0.2) is 0 Å². The molecule has 1 aromatic heterocycles. The van der Waals surface area contributed by atoms with Crippen LogP contribution in [0.25, 0.3) is 18.4 Å². The highest BCUT2D eigenvalue weighted by molar-refractivity contribution is 6.37. The number of aliphatic hydroxyl groups excluding tert-OH is 1. The number of imidazole rings is 1. The van der Waals surface area contributed by atoms with Crippen molar-refractivity contribution in [3.8, 4) is 12.1 Å². The van der Waals surface area contributed by atoms with E-state index in [9.17, 15) is 9.90 Å². The number of amides is 1. The smallest absolute Gasteiger partial charge is 0.294 e. The summed E-state index contributed by atoms with van der Waals surface area (Å²) < 4.78 is 5.97. The first-order valence-corrected chi connectivity index (χ1v) is 11.0. The van der Waals surface area contributed by atoms with Crippen LogP contribution >= 0.6 is 11.6 Å². The fourth-order valence-electron chi connectivity index (χ4n) is 3.46. The predicted octanol–water partition coefficient (Wildman–Crippen LogP) is 1.43. The molecule has 0 saturated carbocycles. The van der Waals surface area contributed by atoms with Gasteiger partial charge < -0.3 is 25.5 Å². The monoisotopic (exact) mass is 469 g/mol. The minimum absolute atomic E-state index is 0.0559. The molecule has 1 aliphatic heterocycles. The van der Waals surface area contributed by atoms with Crippen LogP contribution in [-0.2, 0) is 4.79 Å². The van der Waals surface area contributed by atoms with Gasteiger partial charge in [-0.05, 0) is 37.6 Å². The Kier molecular flexibility index (Phi) is 7.46. The van der Waals surface area contributed by atoms with Gasteiger partial charge in [0, 0.05) is 25.9 Å². The van der Waals surface area contributed by atoms with Crippen LogP contribution in [0.4, 0.5) is 0 Å². The lowest BCUT2D eigenvalue weighted by molar-refractivity contribution is -0.144. The third-order valence-corrected chi connectivity index (χ3v) is 5.93. The number of aliphatic hydroxyl groups is 1. The molecule has 174 valence electrons. The number of nitrogens with one attached hydrogen (secondary N) is 1. The Morgan fingerprint density at radius 1 is 1.42 bits per heavy atom. The molecule has 2 heterocycles. The van der Waals surface area contributed by atoms with Crippen molar-refractivity contribution in [1.82, 2.24) is 14.9 Å². The van der Waals surface area contributed by atoms with E-state index in [1.165, 1.54) is 0 Å². The largest absolute Gasteiger partial charge is 0.461 e. The molecule has 1 amide bonds. The van der Waals surface area contributed by atoms with Crippen LogP contribution in [-0.4, -0.2) is 51.7 Å². The highest BCUT2D eigenvalue weighted by Crippen LogP contribution is 2.23. The van der Waals surface area contributed by atoms with Crippen LogP contribution in [0, 0.1) is 16.7 Å². The third kappa shape index (κ3) is 5.75. The molecule has 0 aliphatic carbocycles. The first-order valence-electron chi connectivity index (χ1n) is 10.6. The van der Waals surface area contributed by atoms with Crippen molar-refractivity contribution in [1.29, 1.82) is 5.26 Å². The topological polar surface area (TPSA) is 128 Å². The molecule has 1 fully saturated rings. The van der Waals surface area contributed by atoms with Crippen LogP contribution in [0.2, 0.25) is 0 Å². The number of nitriles is 1. The molecule has 0 atom stereocenters. The van der Waals surface area contributed by atoms with Crippen LogP contribution in [0.1, 0.15) is 37.8 Å². The van der Waals surface area contributed by atoms with E-state index >= 15 is 0 Å². The SMILES string of the molecule is C=c1[nH]c(OC2CCN(C(=O)C(C)(C)CO)CC2)n/c1=C/C(Cl)=C(\N)c1ccc(C#N)cc1. The summed E-state index contributed by atoms with van der Waals surface area (Å²) in [4.78, 5) is 21.7. The van der Waals surface area contributed by atoms with E-state index in [1.54, 1.807) is 49.1 Å². The van der Waals surface area contributed by atoms with Crippen molar-refractivity contribution in [2.24, 2.45) is 11.1 Å². The van der Waals surface area contributed by atoms with E-state index in [0.29, 0.717) is 64.5 Å². The van der Waals surface area contributed by atoms with E-state index in [-0.39, 0.29) is 18.6 Å². The van der Waals surface area contributed by atoms with Gasteiger partial charge in [0.05, 0.1) is 45.1 Å². The lowest BCUT2D eigenvalue weighted by Crippen LogP contribution is -2.48. The number of ether oxygens (including phenoxy) is 1. The summed E-state index contributed by atoms with van der Waals surface area (Å²) in [5, 5.41) is 19.7. The summed E-state index contributed by atoms with van der Waals surface area (Å²) in [6.07, 6.45) is 2.83. The Morgan fingerprint density at radius 3 is 2.64 bits per heavy atom. The van der Waals surface area contributed by atoms with Gasteiger partial charge in [0.1, 0.15) is 6.10 Å². The van der Waals surface area contributed by atoms with Crippen LogP contribution < -0.4 is 21.2 Å². The standard InChI is InChI=1S/C24H28ClN5O3/c1-15-20(12-19(25)21(27)17-6-4-16(13-26)5-7-17)29-23(28-15)33-18-8-10-30(11-9-18)22(32)24(2,3)14-31/h4-7,12,18,31H,1,8-11,14,27H2,2-3H3,(H,28,29)/b20-12+,21-19+. The Balaban J connectivity index is 1.68. The summed E-state index contributed by atoms with van der Waals surface area (Å²) in [6, 6.07) is 9.18. The molecule has 2 aromatic rings. The maximum atomic E-state index is 12.5. The van der Waals surface area contributed by atoms with E-state index in [4.69, 9.17) is 27.3 Å². The zero-order valence-corrected chi connectivity index (χ0v) is 19.5. The Morgan fingerprint density at radius 2 is 2.06 bits per heavy atom. The second-order valence-corrected chi connectivity index (χ2v) is 9.06. The number of carbonyl (C=O) groups is 1. The second kappa shape index (κ2) is 10.1. The third-order valence-electron chi connectivity index (χ3n) is 5.62. The van der Waals surface area contributed by atoms with Crippen molar-refractivity contribution in [3.63, 3.8) is 0 Å². The van der Waals surface area contributed by atoms with E-state index < -0.39 is 5.41 Å². The van der Waals surface area contributed by atoms with Gasteiger partial charge in [-0.1, -0.05) is 30.3 Å². The number of benzene rings is 1. The van der Waals surface area contributed by atoms with Gasteiger partial charge in [0.15, 0.2) is 0 Å². The van der Waals surface area contributed by atoms with Crippen LogP contribution in [0.15, 0.2) is 29.3 Å². The fraction of sp³-hybridized carbons (Fsp3) is 0.375. The molecule has 1 aliphatic rings. The van der Waals surface area contributed by atoms with Crippen molar-refractivity contribution in [3.05, 3.63) is 51.1 Å². The summed E-state index contributed by atoms with van der Waals surface area (Å²) in [7, 11) is 0. The number of aromatic nitrogens is 2. The summed E-state index contributed by atoms with van der Waals surface area (Å²) in [5.41, 5.74) is 6.96. The van der Waals surface area contributed by atoms with Crippen LogP contribution in [0.3, 0.4) is 0 Å². The van der Waals surface area contributed by atoms with Crippen molar-refractivity contribution < 1.29 is 14.6 Å². The lowest BCUT2D eigenvalue weighted by atomic mass is 9.91. The number of rotatable bonds is 6. The number of allylic oxidation sites excluding steroid dienone is 1. The minimum Gasteiger partial charge on any atom is -0.461 e. The molecule has 0 bridgehead atoms. The number of aromatic amines is 1. The van der Waals surface area contributed by atoms with Crippen molar-refractivity contribution in [2.45, 2.75) is 32.8 Å². The fourth-order valence-corrected chi connectivity index (χ4v) is 3.68. The number of nitrogens with two attached hydrogens (primary N) is 1. The molecule has 0 unspecified atom stereocenters. The number of carbonyl (C=O) groups excluding carboxylic acids is 1. The van der Waals surface area contributed by atoms with Gasteiger partial charge in [0.25, 0.3) is 6.01 Å². The highest BCUT2D eigenvalue weighted by Gasteiger charge is 2.34. The molecule has 8 nitrogen and oxygen atoms in total. The van der Waals surface area contributed by atoms with Crippen molar-refractivity contribution >= 4 is 35.9 Å². The normalized spacial score (nSPS) is 16.3. The summed E-state index contributed by atoms with van der Waals surface area (Å²) >= 11 is 6.40. The van der Waals surface area contributed by atoms with Gasteiger partial charge in [-0.3, -0.25) is 4.79 Å². The number of nitrogens with zero attached hydrogens (tertiary/aromatic N) is 3. The minimum atomic E-state index is -0.783. The number of likely N-dealkylation sites (tertiary alicyclic amines) is 1. The number of hydrogen-bond donors (Lipinski definition) is 3. The molecule has 1 saturated heterocycles. The molecular weight excluding hydrogens is 442 g/mol. The molecule has 33 heavy (non-hydrogen) atoms. The number of halogens is 1. The van der Waals surface area contributed by atoms with Crippen LogP contribution in [0.5, 0.6) is 6.01 Å². The molecule has 9 heteroatoms. The lowest BCUT2D eigenvalue weighted by Gasteiger charge is -2.36. The molecule has 3 rings (SSSR count). The average Bonchev–Trinajstić information content (AvgIpc) is 3.16. The zero-order valence-electron chi connectivity index (χ0n) is 18.8. The Hall–Kier alpha value is -3.28. The summed E-state index contributed by atoms with van der Waals surface area (Å²) in [6.45, 7) is 8.35. The van der Waals surface area contributed by atoms with E-state index in [0.717, 1.165) is 0 Å². The quantitative estimate of drug-likeness (QED) is 0.587. The van der Waals surface area contributed by atoms with Gasteiger partial charge >= 0.3 is 0 Å². The maximum absolute atomic E-state index is 12.5. The van der Waals surface area contributed by atoms with Gasteiger partial charge in [-0.15, -0.1) is 0 Å². The maximum Gasteiger partial charge on any atom is 0.294 e. The first kappa shape index (κ1) is 24.4. The molecule has 4 N–H and O–H groups in total. The van der Waals surface area contributed by atoms with Gasteiger partial charge in [0.2, 0.25) is 5.91 Å². The highest BCUT2D eigenvalue weighted by atomic mass is 35.5. The van der Waals surface area contributed by atoms with Crippen molar-refractivity contribution in [2.75, 3.05) is 19.7 Å². The summed E-state index contributed by atoms with van der Waals surface area (Å²) in [5.74, 6) is -0.0559. The first-order chi connectivity index (χ1) is 15.6. The van der Waals surface area contributed by atoms with E-state index in [1.807, 2.05) is 0 Å². The van der Waals surface area contributed by atoms with Gasteiger partial charge in [-0.2, -0.15) is 10.2 Å². The number of hydrogen-bond acceptors (Lipinski definition) is 6. The second-order valence-electron chi connectivity index (χ2n) is 8.65. The average molecular weight is 470 g/mol. The predicted molar refractivity (Wildman–Crippen MR) is 127 cm³/mol. The molecule has 1 aromatic carbocycles.